The molecule has 2 aromatic heterocycles. The molecule has 25 heavy (non-hydrogen) atoms. The van der Waals surface area contributed by atoms with Crippen molar-refractivity contribution in [3.8, 4) is 5.75 Å². The zero-order chi connectivity index (χ0) is 17.3. The van der Waals surface area contributed by atoms with Gasteiger partial charge in [-0.05, 0) is 42.3 Å². The van der Waals surface area contributed by atoms with Crippen molar-refractivity contribution in [1.82, 2.24) is 19.9 Å². The van der Waals surface area contributed by atoms with Crippen molar-refractivity contribution in [1.29, 1.82) is 0 Å². The van der Waals surface area contributed by atoms with Crippen LogP contribution in [0.2, 0.25) is 0 Å². The second kappa shape index (κ2) is 8.99. The molecule has 0 amide bonds. The molecule has 0 radical (unpaired) electrons. The van der Waals surface area contributed by atoms with E-state index in [4.69, 9.17) is 4.74 Å². The molecule has 0 saturated heterocycles. The Labute approximate surface area is 148 Å². The average molecular weight is 336 g/mol. The maximum absolute atomic E-state index is 5.83. The average Bonchev–Trinajstić information content (AvgIpc) is 3.14. The molecule has 0 aliphatic rings. The van der Waals surface area contributed by atoms with E-state index in [0.29, 0.717) is 12.5 Å². The Kier molecular flexibility index (Phi) is 6.17. The zero-order valence-corrected chi connectivity index (χ0v) is 14.5. The van der Waals surface area contributed by atoms with Gasteiger partial charge in [0, 0.05) is 31.7 Å². The Balaban J connectivity index is 1.43. The van der Waals surface area contributed by atoms with Gasteiger partial charge in [0.15, 0.2) is 0 Å². The van der Waals surface area contributed by atoms with Gasteiger partial charge in [-0.25, -0.2) is 4.98 Å². The highest BCUT2D eigenvalue weighted by molar-refractivity contribution is 5.28. The number of benzene rings is 1. The third-order valence-corrected chi connectivity index (χ3v) is 3.91. The van der Waals surface area contributed by atoms with E-state index < -0.39 is 0 Å². The fourth-order valence-corrected chi connectivity index (χ4v) is 2.67. The van der Waals surface area contributed by atoms with Gasteiger partial charge in [-0.1, -0.05) is 25.1 Å². The minimum atomic E-state index is 0.486. The Morgan fingerprint density at radius 3 is 2.92 bits per heavy atom. The lowest BCUT2D eigenvalue weighted by Crippen LogP contribution is -2.23. The third kappa shape index (κ3) is 5.72. The van der Waals surface area contributed by atoms with Crippen LogP contribution < -0.4 is 10.1 Å². The highest BCUT2D eigenvalue weighted by atomic mass is 16.5. The number of rotatable bonds is 9. The Morgan fingerprint density at radius 1 is 1.16 bits per heavy atom. The Bertz CT molecular complexity index is 743. The van der Waals surface area contributed by atoms with Gasteiger partial charge < -0.3 is 14.6 Å². The first-order chi connectivity index (χ1) is 12.3. The summed E-state index contributed by atoms with van der Waals surface area (Å²) in [6, 6.07) is 14.0. The van der Waals surface area contributed by atoms with Gasteiger partial charge in [0.1, 0.15) is 12.4 Å². The van der Waals surface area contributed by atoms with Crippen molar-refractivity contribution >= 4 is 0 Å². The maximum atomic E-state index is 5.83. The normalized spacial score (nSPS) is 12.0. The van der Waals surface area contributed by atoms with Crippen LogP contribution in [0.1, 0.15) is 18.2 Å². The van der Waals surface area contributed by atoms with Crippen molar-refractivity contribution < 1.29 is 4.74 Å². The summed E-state index contributed by atoms with van der Waals surface area (Å²) in [5, 5.41) is 3.51. The standard InChI is InChI=1S/C20H24N4O/c1-17(14-24-10-9-21-16-24)12-22-13-18-5-4-7-20(11-18)25-15-19-6-2-3-8-23-19/h2-11,16-17,22H,12-15H2,1H3. The minimum Gasteiger partial charge on any atom is -0.487 e. The van der Waals surface area contributed by atoms with Crippen molar-refractivity contribution in [3.63, 3.8) is 0 Å². The SMILES string of the molecule is CC(CNCc1cccc(OCc2ccccn2)c1)Cn1ccnc1. The van der Waals surface area contributed by atoms with E-state index in [1.54, 1.807) is 6.20 Å². The quantitative estimate of drug-likeness (QED) is 0.651. The first kappa shape index (κ1) is 17.2. The fourth-order valence-electron chi connectivity index (χ4n) is 2.67. The van der Waals surface area contributed by atoms with Gasteiger partial charge in [-0.3, -0.25) is 4.98 Å². The van der Waals surface area contributed by atoms with Gasteiger partial charge in [-0.15, -0.1) is 0 Å². The molecule has 0 bridgehead atoms. The van der Waals surface area contributed by atoms with Crippen molar-refractivity contribution in [2.75, 3.05) is 6.54 Å². The van der Waals surface area contributed by atoms with Crippen LogP contribution in [0.15, 0.2) is 67.4 Å². The second-order valence-corrected chi connectivity index (χ2v) is 6.25. The highest BCUT2D eigenvalue weighted by Crippen LogP contribution is 2.15. The van der Waals surface area contributed by atoms with Crippen LogP contribution >= 0.6 is 0 Å². The molecule has 0 spiro atoms. The number of ether oxygens (including phenoxy) is 1. The number of nitrogens with one attached hydrogen (secondary N) is 1. The number of hydrogen-bond donors (Lipinski definition) is 1. The molecule has 0 aliphatic carbocycles. The summed E-state index contributed by atoms with van der Waals surface area (Å²) in [7, 11) is 0. The number of nitrogens with zero attached hydrogens (tertiary/aromatic N) is 3. The van der Waals surface area contributed by atoms with Gasteiger partial charge in [0.2, 0.25) is 0 Å². The molecule has 1 atom stereocenters. The summed E-state index contributed by atoms with van der Waals surface area (Å²) in [4.78, 5) is 8.35. The second-order valence-electron chi connectivity index (χ2n) is 6.25. The monoisotopic (exact) mass is 336 g/mol. The van der Waals surface area contributed by atoms with Gasteiger partial charge in [0.25, 0.3) is 0 Å². The zero-order valence-electron chi connectivity index (χ0n) is 14.5. The highest BCUT2D eigenvalue weighted by Gasteiger charge is 2.04. The van der Waals surface area contributed by atoms with E-state index in [9.17, 15) is 0 Å². The summed E-state index contributed by atoms with van der Waals surface area (Å²) in [6.45, 7) is 5.48. The van der Waals surface area contributed by atoms with Crippen LogP contribution in [0.5, 0.6) is 5.75 Å². The number of imidazole rings is 1. The van der Waals surface area contributed by atoms with Gasteiger partial charge >= 0.3 is 0 Å². The number of aromatic nitrogens is 3. The Morgan fingerprint density at radius 2 is 2.12 bits per heavy atom. The summed E-state index contributed by atoms with van der Waals surface area (Å²) in [5.74, 6) is 1.41. The summed E-state index contributed by atoms with van der Waals surface area (Å²) in [6.07, 6.45) is 7.46. The predicted molar refractivity (Wildman–Crippen MR) is 98.1 cm³/mol. The van der Waals surface area contributed by atoms with Crippen LogP contribution in [-0.4, -0.2) is 21.1 Å². The van der Waals surface area contributed by atoms with E-state index in [0.717, 1.165) is 31.1 Å². The van der Waals surface area contributed by atoms with Gasteiger partial charge in [0.05, 0.1) is 12.0 Å². The molecule has 1 unspecified atom stereocenters. The van der Waals surface area contributed by atoms with E-state index in [1.807, 2.05) is 49.1 Å². The maximum Gasteiger partial charge on any atom is 0.130 e. The Hall–Kier alpha value is -2.66. The van der Waals surface area contributed by atoms with Crippen LogP contribution in [0.4, 0.5) is 0 Å². The van der Waals surface area contributed by atoms with Crippen LogP contribution in [0.25, 0.3) is 0 Å². The minimum absolute atomic E-state index is 0.486. The molecule has 3 rings (SSSR count). The molecule has 5 heteroatoms. The molecular weight excluding hydrogens is 312 g/mol. The summed E-state index contributed by atoms with van der Waals surface area (Å²) < 4.78 is 7.94. The largest absolute Gasteiger partial charge is 0.487 e. The third-order valence-electron chi connectivity index (χ3n) is 3.91. The van der Waals surface area contributed by atoms with E-state index in [2.05, 4.69) is 38.9 Å². The van der Waals surface area contributed by atoms with Crippen molar-refractivity contribution in [2.24, 2.45) is 5.92 Å². The van der Waals surface area contributed by atoms with Crippen LogP contribution in [0.3, 0.4) is 0 Å². The van der Waals surface area contributed by atoms with Gasteiger partial charge in [-0.2, -0.15) is 0 Å². The topological polar surface area (TPSA) is 52.0 Å². The molecule has 1 N–H and O–H groups in total. The van der Waals surface area contributed by atoms with Crippen LogP contribution in [0, 0.1) is 5.92 Å². The molecule has 0 saturated carbocycles. The molecule has 3 aromatic rings. The van der Waals surface area contributed by atoms with E-state index in [1.165, 1.54) is 5.56 Å². The van der Waals surface area contributed by atoms with E-state index in [-0.39, 0.29) is 0 Å². The lowest BCUT2D eigenvalue weighted by Gasteiger charge is -2.13. The molecule has 5 nitrogen and oxygen atoms in total. The van der Waals surface area contributed by atoms with E-state index >= 15 is 0 Å². The lowest BCUT2D eigenvalue weighted by molar-refractivity contribution is 0.301. The summed E-state index contributed by atoms with van der Waals surface area (Å²) >= 11 is 0. The number of hydrogen-bond acceptors (Lipinski definition) is 4. The molecular formula is C20H24N4O. The summed E-state index contributed by atoms with van der Waals surface area (Å²) in [5.41, 5.74) is 2.15. The molecule has 1 aromatic carbocycles. The molecule has 130 valence electrons. The first-order valence-corrected chi connectivity index (χ1v) is 8.58. The fraction of sp³-hybridized carbons (Fsp3) is 0.300. The van der Waals surface area contributed by atoms with Crippen molar-refractivity contribution in [2.45, 2.75) is 26.6 Å². The van der Waals surface area contributed by atoms with Crippen LogP contribution in [-0.2, 0) is 19.7 Å². The lowest BCUT2D eigenvalue weighted by atomic mass is 10.1. The molecule has 0 aliphatic heterocycles. The molecule has 2 heterocycles. The number of pyridine rings is 1. The smallest absolute Gasteiger partial charge is 0.130 e. The predicted octanol–water partition coefficient (Wildman–Crippen LogP) is 3.28. The molecule has 0 fully saturated rings. The van der Waals surface area contributed by atoms with Crippen molar-refractivity contribution in [3.05, 3.63) is 78.6 Å². The first-order valence-electron chi connectivity index (χ1n) is 8.58.